The number of hydrogen-bond acceptors (Lipinski definition) is 8. The number of aromatic nitrogens is 4. The number of halogens is 3. The third-order valence-corrected chi connectivity index (χ3v) is 3.55. The van der Waals surface area contributed by atoms with Crippen LogP contribution in [-0.4, -0.2) is 30.3 Å². The van der Waals surface area contributed by atoms with E-state index in [4.69, 9.17) is 0 Å². The van der Waals surface area contributed by atoms with E-state index >= 15 is 0 Å². The van der Waals surface area contributed by atoms with Crippen molar-refractivity contribution in [1.29, 1.82) is 0 Å². The first-order chi connectivity index (χ1) is 13.1. The van der Waals surface area contributed by atoms with Gasteiger partial charge in [-0.15, -0.1) is 5.10 Å². The van der Waals surface area contributed by atoms with E-state index in [1.807, 2.05) is 0 Å². The van der Waals surface area contributed by atoms with Crippen molar-refractivity contribution >= 4 is 5.69 Å². The lowest BCUT2D eigenvalue weighted by atomic mass is 10.1. The number of nitrogens with zero attached hydrogens (tertiary/aromatic N) is 5. The Morgan fingerprint density at radius 2 is 1.82 bits per heavy atom. The lowest BCUT2D eigenvalue weighted by Crippen LogP contribution is -2.28. The molecule has 144 valence electrons. The molecule has 2 heterocycles. The van der Waals surface area contributed by atoms with Gasteiger partial charge in [-0.1, -0.05) is 0 Å². The van der Waals surface area contributed by atoms with Gasteiger partial charge in [0.25, 0.3) is 0 Å². The minimum absolute atomic E-state index is 0.0554. The lowest BCUT2D eigenvalue weighted by Gasteiger charge is -2.08. The van der Waals surface area contributed by atoms with Gasteiger partial charge < -0.3 is 15.4 Å². The summed E-state index contributed by atoms with van der Waals surface area (Å²) in [6, 6.07) is 2.49. The van der Waals surface area contributed by atoms with E-state index in [-0.39, 0.29) is 27.4 Å². The van der Waals surface area contributed by atoms with Gasteiger partial charge in [-0.25, -0.2) is 4.98 Å². The zero-order chi connectivity index (χ0) is 20.6. The summed E-state index contributed by atoms with van der Waals surface area (Å²) in [6.07, 6.45) is -2.61. The third kappa shape index (κ3) is 3.58. The molecule has 0 saturated heterocycles. The molecule has 0 bridgehead atoms. The average molecular weight is 395 g/mol. The fourth-order valence-corrected chi connectivity index (χ4v) is 2.29. The Labute approximate surface area is 152 Å². The fraction of sp³-hybridized carbons (Fsp3) is 0.0667. The van der Waals surface area contributed by atoms with Crippen LogP contribution < -0.4 is 4.73 Å². The van der Waals surface area contributed by atoms with Gasteiger partial charge in [0, 0.05) is 11.6 Å². The Kier molecular flexibility index (Phi) is 4.42. The van der Waals surface area contributed by atoms with Crippen molar-refractivity contribution in [3.8, 4) is 34.1 Å². The molecule has 0 unspecified atom stereocenters. The van der Waals surface area contributed by atoms with Gasteiger partial charge >= 0.3 is 11.9 Å². The summed E-state index contributed by atoms with van der Waals surface area (Å²) in [5.41, 5.74) is -2.49. The Morgan fingerprint density at radius 3 is 2.46 bits per heavy atom. The molecule has 0 aliphatic rings. The summed E-state index contributed by atoms with van der Waals surface area (Å²) in [7, 11) is 0. The number of benzene rings is 1. The molecule has 0 saturated carbocycles. The van der Waals surface area contributed by atoms with Crippen LogP contribution in [-0.2, 0) is 6.18 Å². The zero-order valence-corrected chi connectivity index (χ0v) is 13.5. The van der Waals surface area contributed by atoms with E-state index < -0.39 is 33.8 Å². The number of hydrogen-bond donors (Lipinski definition) is 2. The first kappa shape index (κ1) is 18.8. The van der Waals surface area contributed by atoms with Crippen LogP contribution in [0.5, 0.6) is 11.5 Å². The standard InChI is InChI=1S/C15H8F3N5O5/c16-15(17,18)9-1-8(5-22(26)6-9)14-20-10(4-19-21-14)7-2-11(23(27)28)13(25)12(24)3-7/h1-6,24-25H. The summed E-state index contributed by atoms with van der Waals surface area (Å²) >= 11 is 0. The number of rotatable bonds is 3. The number of phenolic OH excluding ortho intramolecular Hbond substituents is 2. The van der Waals surface area contributed by atoms with Crippen LogP contribution in [0.4, 0.5) is 18.9 Å². The Balaban J connectivity index is 2.12. The smallest absolute Gasteiger partial charge is 0.422 e. The van der Waals surface area contributed by atoms with Crippen molar-refractivity contribution in [3.63, 3.8) is 0 Å². The van der Waals surface area contributed by atoms with Crippen molar-refractivity contribution in [2.75, 3.05) is 0 Å². The number of nitro benzene ring substituents is 1. The van der Waals surface area contributed by atoms with E-state index in [0.29, 0.717) is 12.3 Å². The van der Waals surface area contributed by atoms with Crippen LogP contribution in [0.2, 0.25) is 0 Å². The fourth-order valence-electron chi connectivity index (χ4n) is 2.29. The van der Waals surface area contributed by atoms with Crippen molar-refractivity contribution in [3.05, 3.63) is 57.7 Å². The molecule has 0 amide bonds. The molecule has 0 aliphatic heterocycles. The summed E-state index contributed by atoms with van der Waals surface area (Å²) < 4.78 is 38.6. The Morgan fingerprint density at radius 1 is 1.11 bits per heavy atom. The van der Waals surface area contributed by atoms with E-state index in [1.54, 1.807) is 0 Å². The second kappa shape index (κ2) is 6.61. The number of alkyl halides is 3. The number of pyridine rings is 1. The van der Waals surface area contributed by atoms with Gasteiger partial charge in [-0.2, -0.15) is 23.0 Å². The zero-order valence-electron chi connectivity index (χ0n) is 13.5. The molecule has 3 rings (SSSR count). The van der Waals surface area contributed by atoms with E-state index in [9.17, 15) is 38.7 Å². The highest BCUT2D eigenvalue weighted by atomic mass is 19.4. The first-order valence-electron chi connectivity index (χ1n) is 7.28. The molecule has 2 aromatic heterocycles. The van der Waals surface area contributed by atoms with Crippen LogP contribution in [0.3, 0.4) is 0 Å². The van der Waals surface area contributed by atoms with Gasteiger partial charge in [0.15, 0.2) is 24.0 Å². The molecule has 28 heavy (non-hydrogen) atoms. The van der Waals surface area contributed by atoms with Gasteiger partial charge in [0.2, 0.25) is 5.75 Å². The molecule has 0 atom stereocenters. The number of phenols is 2. The third-order valence-electron chi connectivity index (χ3n) is 3.55. The molecule has 3 aromatic rings. The van der Waals surface area contributed by atoms with Gasteiger partial charge in [-0.05, 0) is 12.1 Å². The minimum Gasteiger partial charge on any atom is -0.619 e. The van der Waals surface area contributed by atoms with Crippen molar-refractivity contribution in [1.82, 2.24) is 15.2 Å². The molecule has 0 radical (unpaired) electrons. The van der Waals surface area contributed by atoms with Crippen molar-refractivity contribution < 1.29 is 33.0 Å². The molecule has 10 nitrogen and oxygen atoms in total. The SMILES string of the molecule is O=[N+]([O-])c1cc(-c2cnnc(-c3cc(C(F)(F)F)c[n+]([O-])c3)n2)cc(O)c1O. The Bertz CT molecular complexity index is 1090. The second-order valence-corrected chi connectivity index (χ2v) is 5.46. The van der Waals surface area contributed by atoms with Crippen LogP contribution >= 0.6 is 0 Å². The second-order valence-electron chi connectivity index (χ2n) is 5.46. The maximum absolute atomic E-state index is 12.9. The molecule has 0 fully saturated rings. The molecule has 0 spiro atoms. The molecule has 2 N–H and O–H groups in total. The summed E-state index contributed by atoms with van der Waals surface area (Å²) in [5, 5.41) is 48.8. The van der Waals surface area contributed by atoms with Gasteiger partial charge in [0.05, 0.1) is 22.4 Å². The van der Waals surface area contributed by atoms with Crippen LogP contribution in [0.1, 0.15) is 5.56 Å². The molecule has 0 aliphatic carbocycles. The highest BCUT2D eigenvalue weighted by molar-refractivity contribution is 5.70. The van der Waals surface area contributed by atoms with E-state index in [0.717, 1.165) is 24.5 Å². The van der Waals surface area contributed by atoms with Crippen LogP contribution in [0.25, 0.3) is 22.6 Å². The highest BCUT2D eigenvalue weighted by Crippen LogP contribution is 2.39. The monoisotopic (exact) mass is 395 g/mol. The minimum atomic E-state index is -4.78. The molecule has 1 aromatic carbocycles. The summed E-state index contributed by atoms with van der Waals surface area (Å²) in [6.45, 7) is 0. The number of aromatic hydroxyl groups is 2. The topological polar surface area (TPSA) is 149 Å². The summed E-state index contributed by atoms with van der Waals surface area (Å²) in [5.74, 6) is -2.12. The van der Waals surface area contributed by atoms with E-state index in [2.05, 4.69) is 15.2 Å². The average Bonchev–Trinajstić information content (AvgIpc) is 2.62. The van der Waals surface area contributed by atoms with Gasteiger partial charge in [0.1, 0.15) is 5.56 Å². The largest absolute Gasteiger partial charge is 0.619 e. The first-order valence-corrected chi connectivity index (χ1v) is 7.28. The molecular formula is C15H8F3N5O5. The number of nitro groups is 1. The van der Waals surface area contributed by atoms with Crippen LogP contribution in [0.15, 0.2) is 36.8 Å². The maximum Gasteiger partial charge on any atom is 0.422 e. The lowest BCUT2D eigenvalue weighted by molar-refractivity contribution is -0.606. The van der Waals surface area contributed by atoms with Crippen LogP contribution in [0, 0.1) is 15.3 Å². The normalized spacial score (nSPS) is 11.4. The van der Waals surface area contributed by atoms with Crippen molar-refractivity contribution in [2.24, 2.45) is 0 Å². The molecule has 13 heteroatoms. The predicted molar refractivity (Wildman–Crippen MR) is 84.6 cm³/mol. The maximum atomic E-state index is 12.9. The Hall–Kier alpha value is -4.03. The highest BCUT2D eigenvalue weighted by Gasteiger charge is 2.34. The van der Waals surface area contributed by atoms with E-state index in [1.165, 1.54) is 0 Å². The summed E-state index contributed by atoms with van der Waals surface area (Å²) in [4.78, 5) is 14.0. The molecular weight excluding hydrogens is 387 g/mol. The van der Waals surface area contributed by atoms with Crippen molar-refractivity contribution in [2.45, 2.75) is 6.18 Å². The quantitative estimate of drug-likeness (QED) is 0.225. The predicted octanol–water partition coefficient (Wildman–Crippen LogP) is 2.18. The van der Waals surface area contributed by atoms with Gasteiger partial charge in [-0.3, -0.25) is 10.1 Å².